The highest BCUT2D eigenvalue weighted by Gasteiger charge is 2.32. The molecule has 0 aromatic heterocycles. The number of hydrogen-bond donors (Lipinski definition) is 4. The van der Waals surface area contributed by atoms with Gasteiger partial charge in [0, 0.05) is 49.7 Å². The number of amides is 2. The summed E-state index contributed by atoms with van der Waals surface area (Å²) in [4.78, 5) is 50.4. The van der Waals surface area contributed by atoms with Crippen LogP contribution in [0.5, 0.6) is 0 Å². The lowest BCUT2D eigenvalue weighted by molar-refractivity contribution is -0.120. The molecule has 0 saturated heterocycles. The van der Waals surface area contributed by atoms with Gasteiger partial charge >= 0.3 is 0 Å². The molecule has 0 spiro atoms. The van der Waals surface area contributed by atoms with Crippen molar-refractivity contribution < 1.29 is 33.8 Å². The summed E-state index contributed by atoms with van der Waals surface area (Å²) >= 11 is 0. The monoisotopic (exact) mass is 543 g/mol. The second kappa shape index (κ2) is 14.2. The van der Waals surface area contributed by atoms with E-state index in [1.807, 2.05) is 26.8 Å². The Hall–Kier alpha value is -3.34. The average molecular weight is 544 g/mol. The molecular formula is C29H41N3O7. The largest absolute Gasteiger partial charge is 0.395 e. The SMILES string of the molecule is COC1/C=C\C=C(/C)C(=O)NC2=CC(=O)C(N)=C(CC(C)CC(OC)C(O)C(C)/C=C(\C)C1CC(N)=O)C2=O. The Bertz CT molecular complexity index is 1130. The van der Waals surface area contributed by atoms with E-state index in [2.05, 4.69) is 5.32 Å². The Kier molecular flexibility index (Phi) is 11.6. The molecule has 10 heteroatoms. The summed E-state index contributed by atoms with van der Waals surface area (Å²) in [6, 6.07) is 0. The number of carbonyl (C=O) groups is 4. The van der Waals surface area contributed by atoms with Crippen LogP contribution in [0.1, 0.15) is 47.0 Å². The molecular weight excluding hydrogens is 502 g/mol. The van der Waals surface area contributed by atoms with E-state index in [1.165, 1.54) is 20.3 Å². The number of nitrogens with one attached hydrogen (secondary N) is 1. The van der Waals surface area contributed by atoms with Crippen molar-refractivity contribution >= 4 is 23.4 Å². The highest BCUT2D eigenvalue weighted by molar-refractivity contribution is 6.23. The highest BCUT2D eigenvalue weighted by atomic mass is 16.5. The van der Waals surface area contributed by atoms with Crippen LogP contribution in [0, 0.1) is 17.8 Å². The molecule has 2 rings (SSSR count). The number of fused-ring (bicyclic) bond motifs is 2. The van der Waals surface area contributed by atoms with Crippen LogP contribution in [-0.4, -0.2) is 61.0 Å². The highest BCUT2D eigenvalue weighted by Crippen LogP contribution is 2.29. The maximum atomic E-state index is 13.2. The van der Waals surface area contributed by atoms with Crippen molar-refractivity contribution in [2.24, 2.45) is 29.2 Å². The van der Waals surface area contributed by atoms with E-state index in [-0.39, 0.29) is 47.2 Å². The lowest BCUT2D eigenvalue weighted by Gasteiger charge is -2.30. The molecule has 2 amide bonds. The zero-order chi connectivity index (χ0) is 29.4. The Balaban J connectivity index is 2.58. The summed E-state index contributed by atoms with van der Waals surface area (Å²) in [5.41, 5.74) is 12.4. The van der Waals surface area contributed by atoms with Crippen molar-refractivity contribution in [2.45, 2.75) is 65.3 Å². The number of ketones is 2. The number of nitrogens with two attached hydrogens (primary N) is 2. The van der Waals surface area contributed by atoms with Crippen molar-refractivity contribution in [3.8, 4) is 0 Å². The van der Waals surface area contributed by atoms with Gasteiger partial charge in [-0.15, -0.1) is 0 Å². The smallest absolute Gasteiger partial charge is 0.251 e. The Morgan fingerprint density at radius 3 is 2.41 bits per heavy atom. The van der Waals surface area contributed by atoms with Gasteiger partial charge in [-0.1, -0.05) is 43.7 Å². The molecule has 214 valence electrons. The normalized spacial score (nSPS) is 33.4. The maximum absolute atomic E-state index is 13.2. The van der Waals surface area contributed by atoms with E-state index in [9.17, 15) is 24.3 Å². The molecule has 6 unspecified atom stereocenters. The minimum atomic E-state index is -0.907. The van der Waals surface area contributed by atoms with E-state index < -0.39 is 47.6 Å². The number of hydrogen-bond acceptors (Lipinski definition) is 8. The van der Waals surface area contributed by atoms with Crippen LogP contribution in [0.2, 0.25) is 0 Å². The van der Waals surface area contributed by atoms with Gasteiger partial charge in [0.25, 0.3) is 5.91 Å². The van der Waals surface area contributed by atoms with Crippen LogP contribution in [-0.2, 0) is 28.7 Å². The number of carbonyl (C=O) groups excluding carboxylic acids is 4. The van der Waals surface area contributed by atoms with Crippen molar-refractivity contribution in [2.75, 3.05) is 14.2 Å². The summed E-state index contributed by atoms with van der Waals surface area (Å²) < 4.78 is 11.3. The number of methoxy groups -OCH3 is 2. The van der Waals surface area contributed by atoms with Gasteiger partial charge in [0.1, 0.15) is 0 Å². The van der Waals surface area contributed by atoms with E-state index in [4.69, 9.17) is 20.9 Å². The molecule has 6 N–H and O–H groups in total. The molecule has 0 aromatic rings. The molecule has 10 nitrogen and oxygen atoms in total. The summed E-state index contributed by atoms with van der Waals surface area (Å²) in [5.74, 6) is -3.11. The third kappa shape index (κ3) is 8.32. The Labute approximate surface area is 229 Å². The van der Waals surface area contributed by atoms with Gasteiger partial charge in [-0.2, -0.15) is 0 Å². The fraction of sp³-hybridized carbons (Fsp3) is 0.517. The molecule has 1 aliphatic heterocycles. The first kappa shape index (κ1) is 31.9. The number of aliphatic hydroxyl groups excluding tert-OH is 1. The van der Waals surface area contributed by atoms with Gasteiger partial charge in [-0.3, -0.25) is 19.2 Å². The van der Waals surface area contributed by atoms with Crippen molar-refractivity contribution in [1.82, 2.24) is 5.32 Å². The quantitative estimate of drug-likeness (QED) is 0.307. The number of ether oxygens (including phenoxy) is 2. The Morgan fingerprint density at radius 1 is 1.15 bits per heavy atom. The van der Waals surface area contributed by atoms with Crippen LogP contribution in [0.25, 0.3) is 0 Å². The van der Waals surface area contributed by atoms with Gasteiger partial charge < -0.3 is 31.4 Å². The standard InChI is InChI=1S/C29H41N3O7/c1-15-10-20-26(31)22(33)14-21(28(20)36)32-29(37)16(2)8-7-9-23(38-5)19(13-25(30)34)17(3)12-18(4)27(35)24(11-15)39-6/h7-9,12,14-15,18-19,23-24,27,35H,10-11,13,31H2,1-6H3,(H2,30,34)(H,32,37)/b9-7-,16-8+,17-12+. The van der Waals surface area contributed by atoms with Gasteiger partial charge in [-0.05, 0) is 32.6 Å². The first-order valence-electron chi connectivity index (χ1n) is 13.0. The molecule has 0 aromatic carbocycles. The van der Waals surface area contributed by atoms with Gasteiger partial charge in [-0.25, -0.2) is 0 Å². The number of primary amides is 1. The third-order valence-electron chi connectivity index (χ3n) is 7.25. The van der Waals surface area contributed by atoms with Crippen LogP contribution < -0.4 is 16.8 Å². The number of rotatable bonds is 4. The Morgan fingerprint density at radius 2 is 1.82 bits per heavy atom. The van der Waals surface area contributed by atoms with E-state index in [0.717, 1.165) is 11.6 Å². The molecule has 2 bridgehead atoms. The minimum Gasteiger partial charge on any atom is -0.395 e. The van der Waals surface area contributed by atoms with Crippen molar-refractivity contribution in [1.29, 1.82) is 0 Å². The van der Waals surface area contributed by atoms with Crippen molar-refractivity contribution in [3.63, 3.8) is 0 Å². The number of allylic oxidation sites excluding steroid dienone is 4. The molecule has 0 radical (unpaired) electrons. The zero-order valence-electron chi connectivity index (χ0n) is 23.5. The molecule has 1 heterocycles. The van der Waals surface area contributed by atoms with Gasteiger partial charge in [0.15, 0.2) is 0 Å². The van der Waals surface area contributed by atoms with E-state index in [0.29, 0.717) is 6.42 Å². The minimum absolute atomic E-state index is 0.0166. The van der Waals surface area contributed by atoms with Crippen LogP contribution in [0.4, 0.5) is 0 Å². The number of aliphatic hydroxyl groups is 1. The fourth-order valence-electron chi connectivity index (χ4n) is 4.92. The predicted molar refractivity (Wildman–Crippen MR) is 147 cm³/mol. The molecule has 1 aliphatic carbocycles. The zero-order valence-corrected chi connectivity index (χ0v) is 23.5. The summed E-state index contributed by atoms with van der Waals surface area (Å²) in [7, 11) is 3.00. The summed E-state index contributed by atoms with van der Waals surface area (Å²) in [6.45, 7) is 7.12. The predicted octanol–water partition coefficient (Wildman–Crippen LogP) is 1.75. The van der Waals surface area contributed by atoms with Crippen LogP contribution in [0.3, 0.4) is 0 Å². The van der Waals surface area contributed by atoms with Gasteiger partial charge in [0.05, 0.1) is 29.7 Å². The third-order valence-corrected chi connectivity index (χ3v) is 7.25. The molecule has 6 atom stereocenters. The molecule has 0 saturated carbocycles. The van der Waals surface area contributed by atoms with E-state index >= 15 is 0 Å². The topological polar surface area (TPSA) is 171 Å². The summed E-state index contributed by atoms with van der Waals surface area (Å²) in [6.07, 6.45) is 6.25. The van der Waals surface area contributed by atoms with Crippen molar-refractivity contribution in [3.05, 3.63) is 58.5 Å². The molecule has 39 heavy (non-hydrogen) atoms. The fourth-order valence-corrected chi connectivity index (χ4v) is 4.92. The first-order valence-corrected chi connectivity index (χ1v) is 13.0. The lowest BCUT2D eigenvalue weighted by Crippen LogP contribution is -2.36. The van der Waals surface area contributed by atoms with Crippen LogP contribution >= 0.6 is 0 Å². The first-order chi connectivity index (χ1) is 18.3. The maximum Gasteiger partial charge on any atom is 0.251 e. The summed E-state index contributed by atoms with van der Waals surface area (Å²) in [5, 5.41) is 13.7. The molecule has 2 aliphatic rings. The number of Topliss-reactive ketones (excluding diaryl/α,β-unsaturated/α-hetero) is 1. The van der Waals surface area contributed by atoms with Gasteiger partial charge in [0.2, 0.25) is 17.5 Å². The second-order valence-corrected chi connectivity index (χ2v) is 10.4. The average Bonchev–Trinajstić information content (AvgIpc) is 2.88. The lowest BCUT2D eigenvalue weighted by atomic mass is 9.84. The second-order valence-electron chi connectivity index (χ2n) is 10.4. The van der Waals surface area contributed by atoms with E-state index in [1.54, 1.807) is 19.1 Å². The van der Waals surface area contributed by atoms with Crippen LogP contribution in [0.15, 0.2) is 58.5 Å². The molecule has 0 fully saturated rings.